The van der Waals surface area contributed by atoms with E-state index in [1.54, 1.807) is 68.4 Å². The topological polar surface area (TPSA) is 132 Å². The molecule has 0 spiro atoms. The zero-order chi connectivity index (χ0) is 28.1. The maximum atomic E-state index is 13.8. The monoisotopic (exact) mass is 528 g/mol. The van der Waals surface area contributed by atoms with Crippen molar-refractivity contribution in [3.05, 3.63) is 111 Å². The third-order valence-electron chi connectivity index (χ3n) is 6.37. The number of hydrogen-bond acceptors (Lipinski definition) is 7. The molecule has 39 heavy (non-hydrogen) atoms. The number of methoxy groups -OCH3 is 2. The molecule has 10 heteroatoms. The van der Waals surface area contributed by atoms with Crippen LogP contribution in [0.15, 0.2) is 95.3 Å². The number of ether oxygens (including phenoxy) is 2. The number of carbonyl (C=O) groups is 2. The second-order valence-electron chi connectivity index (χ2n) is 8.80. The Morgan fingerprint density at radius 3 is 1.74 bits per heavy atom. The molecule has 1 aliphatic rings. The number of nitrogens with zero attached hydrogens (tertiary/aromatic N) is 1. The standard InChI is InChI=1S/C29H28N4O6/c1-17-25(28(34)31-21-12-5-7-14-23(21)38-3)27(19-10-9-11-20(16-19)33(36)37)26(18(2)30-17)29(35)32-22-13-6-8-15-24(22)39-4/h5-16,27,30H,1-4H3,(H,31,34)(H,32,35). The van der Waals surface area contributed by atoms with Gasteiger partial charge in [0.05, 0.1) is 30.5 Å². The first kappa shape index (κ1) is 26.9. The van der Waals surface area contributed by atoms with Crippen LogP contribution in [-0.4, -0.2) is 31.0 Å². The molecule has 200 valence electrons. The van der Waals surface area contributed by atoms with Gasteiger partial charge in [0.2, 0.25) is 0 Å². The molecule has 0 unspecified atom stereocenters. The van der Waals surface area contributed by atoms with Crippen molar-refractivity contribution in [2.24, 2.45) is 0 Å². The number of nitrogens with one attached hydrogen (secondary N) is 3. The summed E-state index contributed by atoms with van der Waals surface area (Å²) in [6, 6.07) is 19.8. The lowest BCUT2D eigenvalue weighted by Crippen LogP contribution is -2.35. The first-order chi connectivity index (χ1) is 18.7. The first-order valence-corrected chi connectivity index (χ1v) is 12.1. The number of benzene rings is 3. The Kier molecular flexibility index (Phi) is 7.95. The smallest absolute Gasteiger partial charge is 0.269 e. The molecule has 0 fully saturated rings. The Labute approximate surface area is 225 Å². The minimum Gasteiger partial charge on any atom is -0.495 e. The predicted octanol–water partition coefficient (Wildman–Crippen LogP) is 5.12. The fourth-order valence-electron chi connectivity index (χ4n) is 4.62. The number of nitro benzene ring substituents is 1. The van der Waals surface area contributed by atoms with E-state index in [1.807, 2.05) is 0 Å². The van der Waals surface area contributed by atoms with Crippen molar-refractivity contribution in [1.29, 1.82) is 0 Å². The predicted molar refractivity (Wildman–Crippen MR) is 148 cm³/mol. The van der Waals surface area contributed by atoms with E-state index in [0.29, 0.717) is 39.8 Å². The van der Waals surface area contributed by atoms with Crippen LogP contribution in [-0.2, 0) is 9.59 Å². The Morgan fingerprint density at radius 1 is 0.795 bits per heavy atom. The second kappa shape index (κ2) is 11.5. The SMILES string of the molecule is COc1ccccc1NC(=O)C1=C(C)NC(C)=C(C(=O)Nc2ccccc2OC)C1c1cccc([N+](=O)[O-])c1. The number of rotatable bonds is 8. The second-order valence-corrected chi connectivity index (χ2v) is 8.80. The third-order valence-corrected chi connectivity index (χ3v) is 6.37. The molecule has 0 radical (unpaired) electrons. The molecule has 3 aromatic carbocycles. The summed E-state index contributed by atoms with van der Waals surface area (Å²) in [5.74, 6) is -0.982. The molecule has 0 saturated carbocycles. The molecule has 0 bridgehead atoms. The first-order valence-electron chi connectivity index (χ1n) is 12.1. The van der Waals surface area contributed by atoms with Crippen LogP contribution >= 0.6 is 0 Å². The lowest BCUT2D eigenvalue weighted by Gasteiger charge is -2.31. The Morgan fingerprint density at radius 2 is 1.28 bits per heavy atom. The fourth-order valence-corrected chi connectivity index (χ4v) is 4.62. The van der Waals surface area contributed by atoms with Crippen LogP contribution in [0.2, 0.25) is 0 Å². The van der Waals surface area contributed by atoms with E-state index in [2.05, 4.69) is 16.0 Å². The minimum atomic E-state index is -0.921. The molecule has 3 N–H and O–H groups in total. The minimum absolute atomic E-state index is 0.157. The van der Waals surface area contributed by atoms with E-state index in [0.717, 1.165) is 0 Å². The lowest BCUT2D eigenvalue weighted by molar-refractivity contribution is -0.384. The average molecular weight is 529 g/mol. The van der Waals surface area contributed by atoms with E-state index in [-0.39, 0.29) is 16.8 Å². The van der Waals surface area contributed by atoms with Crippen LogP contribution < -0.4 is 25.4 Å². The number of nitro groups is 1. The van der Waals surface area contributed by atoms with Crippen LogP contribution in [0.5, 0.6) is 11.5 Å². The fraction of sp³-hybridized carbons (Fsp3) is 0.172. The highest BCUT2D eigenvalue weighted by Crippen LogP contribution is 2.41. The Balaban J connectivity index is 1.82. The number of anilines is 2. The average Bonchev–Trinajstić information content (AvgIpc) is 2.93. The van der Waals surface area contributed by atoms with E-state index < -0.39 is 22.7 Å². The maximum absolute atomic E-state index is 13.8. The van der Waals surface area contributed by atoms with Crippen LogP contribution in [0.1, 0.15) is 25.3 Å². The van der Waals surface area contributed by atoms with E-state index >= 15 is 0 Å². The van der Waals surface area contributed by atoms with Crippen molar-refractivity contribution in [2.45, 2.75) is 19.8 Å². The highest BCUT2D eigenvalue weighted by Gasteiger charge is 2.37. The van der Waals surface area contributed by atoms with Gasteiger partial charge in [-0.15, -0.1) is 0 Å². The molecule has 1 aliphatic heterocycles. The van der Waals surface area contributed by atoms with Gasteiger partial charge >= 0.3 is 0 Å². The van der Waals surface area contributed by atoms with Crippen LogP contribution in [0.3, 0.4) is 0 Å². The van der Waals surface area contributed by atoms with Gasteiger partial charge in [-0.25, -0.2) is 0 Å². The van der Waals surface area contributed by atoms with Crippen LogP contribution in [0.4, 0.5) is 17.1 Å². The van der Waals surface area contributed by atoms with Crippen molar-refractivity contribution in [3.8, 4) is 11.5 Å². The summed E-state index contributed by atoms with van der Waals surface area (Å²) < 4.78 is 10.7. The van der Waals surface area contributed by atoms with Crippen molar-refractivity contribution >= 4 is 28.9 Å². The Hall–Kier alpha value is -5.12. The van der Waals surface area contributed by atoms with Gasteiger partial charge in [-0.1, -0.05) is 36.4 Å². The zero-order valence-electron chi connectivity index (χ0n) is 21.9. The highest BCUT2D eigenvalue weighted by atomic mass is 16.6. The molecule has 0 saturated heterocycles. The quantitative estimate of drug-likeness (QED) is 0.273. The van der Waals surface area contributed by atoms with Crippen molar-refractivity contribution in [2.75, 3.05) is 24.9 Å². The van der Waals surface area contributed by atoms with Gasteiger partial charge in [0.1, 0.15) is 11.5 Å². The molecule has 4 rings (SSSR count). The molecule has 1 heterocycles. The molecular formula is C29H28N4O6. The summed E-state index contributed by atoms with van der Waals surface area (Å²) in [7, 11) is 2.99. The van der Waals surface area contributed by atoms with Gasteiger partial charge in [-0.3, -0.25) is 19.7 Å². The summed E-state index contributed by atoms with van der Waals surface area (Å²) >= 11 is 0. The van der Waals surface area contributed by atoms with Gasteiger partial charge in [0.25, 0.3) is 17.5 Å². The van der Waals surface area contributed by atoms with Crippen molar-refractivity contribution < 1.29 is 24.0 Å². The van der Waals surface area contributed by atoms with Gasteiger partial charge in [-0.2, -0.15) is 0 Å². The zero-order valence-corrected chi connectivity index (χ0v) is 21.9. The van der Waals surface area contributed by atoms with Crippen LogP contribution in [0.25, 0.3) is 0 Å². The van der Waals surface area contributed by atoms with Gasteiger partial charge < -0.3 is 25.4 Å². The molecule has 10 nitrogen and oxygen atoms in total. The number of hydrogen-bond donors (Lipinski definition) is 3. The number of dihydropyridines is 1. The summed E-state index contributed by atoms with van der Waals surface area (Å²) in [6.07, 6.45) is 0. The molecule has 0 atom stereocenters. The number of amides is 2. The van der Waals surface area contributed by atoms with Gasteiger partial charge in [-0.05, 0) is 43.7 Å². The molecule has 3 aromatic rings. The normalized spacial score (nSPS) is 13.4. The third kappa shape index (κ3) is 5.59. The largest absolute Gasteiger partial charge is 0.495 e. The van der Waals surface area contributed by atoms with E-state index in [1.165, 1.54) is 32.4 Å². The molecule has 2 amide bonds. The summed E-state index contributed by atoms with van der Waals surface area (Å²) in [5.41, 5.74) is 2.61. The maximum Gasteiger partial charge on any atom is 0.269 e. The Bertz CT molecular complexity index is 1430. The molecular weight excluding hydrogens is 500 g/mol. The molecule has 0 aromatic heterocycles. The van der Waals surface area contributed by atoms with Crippen LogP contribution in [0, 0.1) is 10.1 Å². The number of allylic oxidation sites excluding steroid dienone is 2. The van der Waals surface area contributed by atoms with Gasteiger partial charge in [0, 0.05) is 40.6 Å². The highest BCUT2D eigenvalue weighted by molar-refractivity contribution is 6.12. The number of para-hydroxylation sites is 4. The van der Waals surface area contributed by atoms with Crippen molar-refractivity contribution in [1.82, 2.24) is 5.32 Å². The summed E-state index contributed by atoms with van der Waals surface area (Å²) in [5, 5.41) is 20.5. The number of non-ortho nitro benzene ring substituents is 1. The lowest BCUT2D eigenvalue weighted by atomic mass is 9.79. The summed E-state index contributed by atoms with van der Waals surface area (Å²) in [6.45, 7) is 3.44. The van der Waals surface area contributed by atoms with Gasteiger partial charge in [0.15, 0.2) is 0 Å². The van der Waals surface area contributed by atoms with E-state index in [4.69, 9.17) is 9.47 Å². The number of carbonyl (C=O) groups excluding carboxylic acids is 2. The van der Waals surface area contributed by atoms with E-state index in [9.17, 15) is 19.7 Å². The molecule has 0 aliphatic carbocycles. The van der Waals surface area contributed by atoms with Crippen molar-refractivity contribution in [3.63, 3.8) is 0 Å². The summed E-state index contributed by atoms with van der Waals surface area (Å²) in [4.78, 5) is 38.7.